The van der Waals surface area contributed by atoms with E-state index < -0.39 is 12.2 Å². The highest BCUT2D eigenvalue weighted by Crippen LogP contribution is 2.59. The van der Waals surface area contributed by atoms with Crippen LogP contribution in [0.2, 0.25) is 0 Å². The third-order valence-electron chi connectivity index (χ3n) is 8.65. The van der Waals surface area contributed by atoms with Crippen molar-refractivity contribution in [1.82, 2.24) is 0 Å². The Bertz CT molecular complexity index is 743. The highest BCUT2D eigenvalue weighted by Gasteiger charge is 2.50. The van der Waals surface area contributed by atoms with Crippen molar-refractivity contribution in [3.05, 3.63) is 47.6 Å². The van der Waals surface area contributed by atoms with Crippen molar-refractivity contribution >= 4 is 0 Å². The Morgan fingerprint density at radius 3 is 2.60 bits per heavy atom. The summed E-state index contributed by atoms with van der Waals surface area (Å²) in [7, 11) is 0. The summed E-state index contributed by atoms with van der Waals surface area (Å²) in [6.45, 7) is 8.88. The minimum absolute atomic E-state index is 0.250. The minimum Gasteiger partial charge on any atom is -0.393 e. The second kappa shape index (κ2) is 8.76. The third-order valence-corrected chi connectivity index (χ3v) is 8.65. The Morgan fingerprint density at radius 1 is 1.10 bits per heavy atom. The van der Waals surface area contributed by atoms with Crippen molar-refractivity contribution in [2.75, 3.05) is 0 Å². The largest absolute Gasteiger partial charge is 0.393 e. The molecule has 0 radical (unpaired) electrons. The van der Waals surface area contributed by atoms with Crippen LogP contribution in [-0.2, 0) is 0 Å². The molecule has 0 bridgehead atoms. The summed E-state index contributed by atoms with van der Waals surface area (Å²) < 4.78 is 0. The predicted molar refractivity (Wildman–Crippen MR) is 122 cm³/mol. The Labute approximate surface area is 182 Å². The lowest BCUT2D eigenvalue weighted by Gasteiger charge is -2.44. The first-order valence-electron chi connectivity index (χ1n) is 12.1. The summed E-state index contributed by atoms with van der Waals surface area (Å²) in [6, 6.07) is 0. The van der Waals surface area contributed by atoms with Gasteiger partial charge in [0, 0.05) is 6.42 Å². The molecule has 0 aromatic rings. The predicted octanol–water partition coefficient (Wildman–Crippen LogP) is 5.09. The van der Waals surface area contributed by atoms with Crippen LogP contribution >= 0.6 is 0 Å². The molecule has 4 aliphatic carbocycles. The van der Waals surface area contributed by atoms with Gasteiger partial charge >= 0.3 is 0 Å². The van der Waals surface area contributed by atoms with Crippen LogP contribution in [0.3, 0.4) is 0 Å². The van der Waals surface area contributed by atoms with Gasteiger partial charge < -0.3 is 15.3 Å². The lowest BCUT2D eigenvalue weighted by atomic mass is 9.61. The first-order valence-corrected chi connectivity index (χ1v) is 12.1. The van der Waals surface area contributed by atoms with Crippen molar-refractivity contribution in [3.8, 4) is 0 Å². The van der Waals surface area contributed by atoms with E-state index in [9.17, 15) is 15.3 Å². The molecule has 4 saturated carbocycles. The van der Waals surface area contributed by atoms with Crippen molar-refractivity contribution in [1.29, 1.82) is 0 Å². The van der Waals surface area contributed by atoms with E-state index in [0.29, 0.717) is 41.9 Å². The maximum atomic E-state index is 10.2. The molecule has 0 saturated heterocycles. The molecule has 4 aliphatic rings. The number of allylic oxidation sites excluding steroid dienone is 4. The lowest BCUT2D eigenvalue weighted by molar-refractivity contribution is 0.0862. The van der Waals surface area contributed by atoms with Crippen LogP contribution < -0.4 is 0 Å². The summed E-state index contributed by atoms with van der Waals surface area (Å²) in [5, 5.41) is 30.4. The summed E-state index contributed by atoms with van der Waals surface area (Å²) in [4.78, 5) is 0. The van der Waals surface area contributed by atoms with E-state index in [4.69, 9.17) is 0 Å². The summed E-state index contributed by atoms with van der Waals surface area (Å²) in [6.07, 6.45) is 16.9. The van der Waals surface area contributed by atoms with Crippen molar-refractivity contribution in [3.63, 3.8) is 0 Å². The zero-order valence-electron chi connectivity index (χ0n) is 18.8. The molecule has 4 rings (SSSR count). The topological polar surface area (TPSA) is 60.7 Å². The van der Waals surface area contributed by atoms with Gasteiger partial charge in [-0.25, -0.2) is 0 Å². The maximum absolute atomic E-state index is 10.2. The van der Waals surface area contributed by atoms with E-state index in [2.05, 4.69) is 44.7 Å². The summed E-state index contributed by atoms with van der Waals surface area (Å²) in [5.74, 6) is 2.28. The highest BCUT2D eigenvalue weighted by atomic mass is 16.3. The van der Waals surface area contributed by atoms with Crippen LogP contribution in [-0.4, -0.2) is 33.6 Å². The van der Waals surface area contributed by atoms with Crippen molar-refractivity contribution in [2.45, 2.75) is 89.9 Å². The maximum Gasteiger partial charge on any atom is 0.0811 e. The summed E-state index contributed by atoms with van der Waals surface area (Å²) in [5.41, 5.74) is 3.63. The molecule has 0 spiro atoms. The number of aliphatic hydroxyl groups is 3. The van der Waals surface area contributed by atoms with Crippen LogP contribution in [0.4, 0.5) is 0 Å². The molecule has 0 amide bonds. The second-order valence-electron chi connectivity index (χ2n) is 10.7. The van der Waals surface area contributed by atoms with Gasteiger partial charge in [-0.3, -0.25) is 0 Å². The average molecular weight is 413 g/mol. The first-order chi connectivity index (χ1) is 14.3. The molecule has 1 unspecified atom stereocenters. The lowest BCUT2D eigenvalue weighted by Crippen LogP contribution is -2.35. The molecule has 0 aromatic heterocycles. The van der Waals surface area contributed by atoms with Crippen LogP contribution in [0.25, 0.3) is 0 Å². The third kappa shape index (κ3) is 4.40. The molecule has 166 valence electrons. The van der Waals surface area contributed by atoms with Gasteiger partial charge in [0.2, 0.25) is 0 Å². The molecular weight excluding hydrogens is 372 g/mol. The number of rotatable bonds is 5. The van der Waals surface area contributed by atoms with Crippen molar-refractivity contribution in [2.24, 2.45) is 29.1 Å². The van der Waals surface area contributed by atoms with Crippen LogP contribution in [0.15, 0.2) is 47.6 Å². The molecule has 3 heteroatoms. The normalized spacial score (nSPS) is 42.1. The molecule has 0 aliphatic heterocycles. The van der Waals surface area contributed by atoms with E-state index in [-0.39, 0.29) is 6.10 Å². The second-order valence-corrected chi connectivity index (χ2v) is 10.7. The Hall–Kier alpha value is -1.16. The summed E-state index contributed by atoms with van der Waals surface area (Å²) >= 11 is 0. The van der Waals surface area contributed by atoms with Gasteiger partial charge in [-0.05, 0) is 91.6 Å². The van der Waals surface area contributed by atoms with Gasteiger partial charge in [0.05, 0.1) is 18.3 Å². The van der Waals surface area contributed by atoms with E-state index in [1.165, 1.54) is 44.1 Å². The van der Waals surface area contributed by atoms with Gasteiger partial charge in [0.15, 0.2) is 0 Å². The fourth-order valence-electron chi connectivity index (χ4n) is 6.63. The number of hydrogen-bond donors (Lipinski definition) is 3. The van der Waals surface area contributed by atoms with Crippen molar-refractivity contribution < 1.29 is 15.3 Å². The highest BCUT2D eigenvalue weighted by molar-refractivity contribution is 5.38. The molecule has 3 nitrogen and oxygen atoms in total. The van der Waals surface area contributed by atoms with E-state index >= 15 is 0 Å². The zero-order valence-corrected chi connectivity index (χ0v) is 18.8. The fourth-order valence-corrected chi connectivity index (χ4v) is 6.63. The van der Waals surface area contributed by atoms with E-state index in [0.717, 1.165) is 17.6 Å². The Morgan fingerprint density at radius 2 is 1.87 bits per heavy atom. The SMILES string of the molecule is C=C1/C(=C/C=C2/CCCC3(C)[C@@H]([C@H](C)C=C[C@@H](O)C4CC4)CC[C@@H]23)C[C@@H](O)C[C@@H]1O. The zero-order chi connectivity index (χ0) is 21.5. The smallest absolute Gasteiger partial charge is 0.0811 e. The number of fused-ring (bicyclic) bond motifs is 1. The fraction of sp³-hybridized carbons (Fsp3) is 0.704. The molecule has 7 atom stereocenters. The van der Waals surface area contributed by atoms with Gasteiger partial charge in [-0.2, -0.15) is 0 Å². The van der Waals surface area contributed by atoms with E-state index in [1.54, 1.807) is 0 Å². The first kappa shape index (κ1) is 22.0. The minimum atomic E-state index is -0.621. The van der Waals surface area contributed by atoms with Crippen LogP contribution in [0, 0.1) is 29.1 Å². The number of aliphatic hydroxyl groups excluding tert-OH is 3. The molecule has 0 heterocycles. The van der Waals surface area contributed by atoms with Gasteiger partial charge in [0.1, 0.15) is 0 Å². The molecule has 4 fully saturated rings. The van der Waals surface area contributed by atoms with Gasteiger partial charge in [0.25, 0.3) is 0 Å². The molecular formula is C27H40O3. The monoisotopic (exact) mass is 412 g/mol. The molecule has 3 N–H and O–H groups in total. The number of hydrogen-bond acceptors (Lipinski definition) is 3. The average Bonchev–Trinajstić information content (AvgIpc) is 3.49. The molecule has 0 aromatic carbocycles. The Kier molecular flexibility index (Phi) is 6.44. The quantitative estimate of drug-likeness (QED) is 0.551. The molecule has 30 heavy (non-hydrogen) atoms. The van der Waals surface area contributed by atoms with Crippen LogP contribution in [0.5, 0.6) is 0 Å². The van der Waals surface area contributed by atoms with Gasteiger partial charge in [-0.1, -0.05) is 50.3 Å². The standard InChI is InChI=1S/C27H40O3/c1-17(6-13-25(29)20-8-9-20)23-11-12-24-19(5-4-14-27(23,24)3)7-10-21-15-22(28)16-26(30)18(21)2/h6-7,10,13,17,20,22-26,28-30H,2,4-5,8-9,11-12,14-16H2,1,3H3/b13-6?,19-7-,21-10+/t17-,22-,23-,24+,25-,26+,27?/m1/s1. The van der Waals surface area contributed by atoms with Crippen LogP contribution in [0.1, 0.15) is 71.6 Å². The Balaban J connectivity index is 1.48. The van der Waals surface area contributed by atoms with E-state index in [1.807, 2.05) is 0 Å². The van der Waals surface area contributed by atoms with Gasteiger partial charge in [-0.15, -0.1) is 0 Å².